The molecule has 1 saturated carbocycles. The zero-order chi connectivity index (χ0) is 24.5. The van der Waals surface area contributed by atoms with Crippen molar-refractivity contribution >= 4 is 17.7 Å². The number of fused-ring (bicyclic) bond motifs is 1. The predicted molar refractivity (Wildman–Crippen MR) is 137 cm³/mol. The molecule has 3 aromatic rings. The molecule has 7 nitrogen and oxygen atoms in total. The minimum atomic E-state index is -0.103. The van der Waals surface area contributed by atoms with Crippen molar-refractivity contribution in [3.63, 3.8) is 0 Å². The van der Waals surface area contributed by atoms with E-state index >= 15 is 0 Å². The molecule has 3 heterocycles. The number of halogens is 1. The maximum Gasteiger partial charge on any atom is 0.260 e. The molecular formula is C27H30ClN5O2. The molecule has 0 atom stereocenters. The van der Waals surface area contributed by atoms with Gasteiger partial charge in [-0.25, -0.2) is 4.99 Å². The number of aryl methyl sites for hydroxylation is 1. The van der Waals surface area contributed by atoms with Crippen LogP contribution in [0, 0.1) is 6.92 Å². The number of nitrogens with zero attached hydrogens (tertiary/aromatic N) is 4. The van der Waals surface area contributed by atoms with E-state index in [4.69, 9.17) is 21.1 Å². The Bertz CT molecular complexity index is 1480. The van der Waals surface area contributed by atoms with E-state index in [0.717, 1.165) is 29.4 Å². The second-order valence-corrected chi connectivity index (χ2v) is 9.58. The first-order valence-corrected chi connectivity index (χ1v) is 12.8. The Kier molecular flexibility index (Phi) is 6.60. The van der Waals surface area contributed by atoms with Gasteiger partial charge in [-0.1, -0.05) is 54.7 Å². The lowest BCUT2D eigenvalue weighted by molar-refractivity contribution is 0.394. The average Bonchev–Trinajstić information content (AvgIpc) is 3.49. The number of hydrogen-bond acceptors (Lipinski definition) is 6. The van der Waals surface area contributed by atoms with Crippen LogP contribution >= 0.6 is 11.6 Å². The lowest BCUT2D eigenvalue weighted by Crippen LogP contribution is -2.44. The Hall–Kier alpha value is -3.19. The summed E-state index contributed by atoms with van der Waals surface area (Å²) in [5.74, 6) is 1.89. The third kappa shape index (κ3) is 4.57. The topological polar surface area (TPSA) is 85.3 Å². The molecule has 1 aliphatic heterocycles. The molecular weight excluding hydrogens is 462 g/mol. The number of nitrogens with one attached hydrogen (secondary N) is 1. The molecule has 182 valence electrons. The van der Waals surface area contributed by atoms with Gasteiger partial charge in [0, 0.05) is 46.4 Å². The van der Waals surface area contributed by atoms with E-state index in [9.17, 15) is 4.79 Å². The van der Waals surface area contributed by atoms with Crippen LogP contribution in [-0.4, -0.2) is 20.7 Å². The molecule has 1 aliphatic carbocycles. The molecule has 0 amide bonds. The van der Waals surface area contributed by atoms with Crippen molar-refractivity contribution in [1.29, 1.82) is 0 Å². The van der Waals surface area contributed by atoms with Crippen LogP contribution in [-0.2, 0) is 6.54 Å². The zero-order valence-electron chi connectivity index (χ0n) is 20.4. The van der Waals surface area contributed by atoms with Crippen LogP contribution < -0.4 is 21.6 Å². The van der Waals surface area contributed by atoms with E-state index in [1.165, 1.54) is 31.3 Å². The summed E-state index contributed by atoms with van der Waals surface area (Å²) >= 11 is 6.68. The van der Waals surface area contributed by atoms with Crippen molar-refractivity contribution in [1.82, 2.24) is 20.0 Å². The Morgan fingerprint density at radius 1 is 1.17 bits per heavy atom. The third-order valence-electron chi connectivity index (χ3n) is 6.89. The fourth-order valence-corrected chi connectivity index (χ4v) is 5.24. The number of hydrogen-bond donors (Lipinski definition) is 1. The van der Waals surface area contributed by atoms with Gasteiger partial charge in [0.1, 0.15) is 11.3 Å². The first-order chi connectivity index (χ1) is 17.0. The minimum Gasteiger partial charge on any atom is -0.367 e. The van der Waals surface area contributed by atoms with Crippen LogP contribution in [0.2, 0.25) is 5.02 Å². The smallest absolute Gasteiger partial charge is 0.260 e. The summed E-state index contributed by atoms with van der Waals surface area (Å²) in [5.41, 5.74) is 3.85. The summed E-state index contributed by atoms with van der Waals surface area (Å²) in [5, 5.41) is 9.06. The summed E-state index contributed by atoms with van der Waals surface area (Å²) in [6.07, 6.45) is 8.74. The first kappa shape index (κ1) is 23.5. The zero-order valence-corrected chi connectivity index (χ0v) is 21.2. The summed E-state index contributed by atoms with van der Waals surface area (Å²) in [6.45, 7) is 6.40. The van der Waals surface area contributed by atoms with Crippen LogP contribution in [0.4, 0.5) is 0 Å². The van der Waals surface area contributed by atoms with Gasteiger partial charge in [-0.15, -0.1) is 0 Å². The Morgan fingerprint density at radius 3 is 2.63 bits per heavy atom. The van der Waals surface area contributed by atoms with Gasteiger partial charge in [-0.2, -0.15) is 4.98 Å². The van der Waals surface area contributed by atoms with Crippen molar-refractivity contribution < 1.29 is 4.52 Å². The van der Waals surface area contributed by atoms with Crippen LogP contribution in [0.3, 0.4) is 0 Å². The molecule has 1 N–H and O–H groups in total. The summed E-state index contributed by atoms with van der Waals surface area (Å²) in [6, 6.07) is 7.87. The molecule has 1 fully saturated rings. The van der Waals surface area contributed by atoms with Gasteiger partial charge in [-0.3, -0.25) is 9.36 Å². The quantitative estimate of drug-likeness (QED) is 0.548. The molecule has 35 heavy (non-hydrogen) atoms. The molecule has 8 heteroatoms. The number of rotatable bonds is 6. The van der Waals surface area contributed by atoms with Gasteiger partial charge in [-0.05, 0) is 50.3 Å². The Labute approximate surface area is 209 Å². The van der Waals surface area contributed by atoms with E-state index < -0.39 is 0 Å². The first-order valence-electron chi connectivity index (χ1n) is 12.4. The van der Waals surface area contributed by atoms with E-state index in [2.05, 4.69) is 28.5 Å². The highest BCUT2D eigenvalue weighted by atomic mass is 35.5. The highest BCUT2D eigenvalue weighted by Crippen LogP contribution is 2.29. The van der Waals surface area contributed by atoms with Crippen molar-refractivity contribution in [3.8, 4) is 22.5 Å². The predicted octanol–water partition coefficient (Wildman–Crippen LogP) is 4.50. The number of pyridine rings is 1. The van der Waals surface area contributed by atoms with E-state index in [1.54, 1.807) is 17.6 Å². The lowest BCUT2D eigenvalue weighted by atomic mass is 10.0. The van der Waals surface area contributed by atoms with Crippen LogP contribution in [0.1, 0.15) is 58.3 Å². The van der Waals surface area contributed by atoms with Gasteiger partial charge in [0.2, 0.25) is 11.7 Å². The SMILES string of the molecule is CCC1=C(NC2CCCC2)N=c2c(cc(-c3ccc(-c4noc(C)n4)cc3Cl)c(=O)n2CC)=CC1. The van der Waals surface area contributed by atoms with Gasteiger partial charge in [0.25, 0.3) is 5.56 Å². The monoisotopic (exact) mass is 491 g/mol. The van der Waals surface area contributed by atoms with Gasteiger partial charge in [0.05, 0.1) is 0 Å². The number of benzene rings is 1. The molecule has 0 unspecified atom stereocenters. The van der Waals surface area contributed by atoms with Crippen molar-refractivity contribution in [2.75, 3.05) is 0 Å². The van der Waals surface area contributed by atoms with Crippen molar-refractivity contribution in [2.45, 2.75) is 71.9 Å². The van der Waals surface area contributed by atoms with Crippen molar-refractivity contribution in [2.24, 2.45) is 4.99 Å². The van der Waals surface area contributed by atoms with Crippen LogP contribution in [0.25, 0.3) is 28.6 Å². The maximum absolute atomic E-state index is 13.7. The Morgan fingerprint density at radius 2 is 1.97 bits per heavy atom. The highest BCUT2D eigenvalue weighted by molar-refractivity contribution is 6.33. The minimum absolute atomic E-state index is 0.103. The third-order valence-corrected chi connectivity index (χ3v) is 7.21. The van der Waals surface area contributed by atoms with Crippen molar-refractivity contribution in [3.05, 3.63) is 67.6 Å². The van der Waals surface area contributed by atoms with Crippen LogP contribution in [0.5, 0.6) is 0 Å². The van der Waals surface area contributed by atoms with Gasteiger partial charge < -0.3 is 9.84 Å². The molecule has 0 bridgehead atoms. The largest absolute Gasteiger partial charge is 0.367 e. The van der Waals surface area contributed by atoms with E-state index in [-0.39, 0.29) is 5.56 Å². The maximum atomic E-state index is 13.7. The van der Waals surface area contributed by atoms with E-state index in [1.807, 2.05) is 25.1 Å². The van der Waals surface area contributed by atoms with E-state index in [0.29, 0.717) is 45.9 Å². The second-order valence-electron chi connectivity index (χ2n) is 9.17. The number of aromatic nitrogens is 3. The average molecular weight is 492 g/mol. The molecule has 2 aliphatic rings. The fourth-order valence-electron chi connectivity index (χ4n) is 4.95. The van der Waals surface area contributed by atoms with Gasteiger partial charge >= 0.3 is 0 Å². The Balaban J connectivity index is 1.62. The van der Waals surface area contributed by atoms with Crippen LogP contribution in [0.15, 0.2) is 50.0 Å². The summed E-state index contributed by atoms with van der Waals surface area (Å²) in [4.78, 5) is 23.0. The lowest BCUT2D eigenvalue weighted by Gasteiger charge is -2.17. The molecule has 1 aromatic carbocycles. The summed E-state index contributed by atoms with van der Waals surface area (Å²) < 4.78 is 6.84. The summed E-state index contributed by atoms with van der Waals surface area (Å²) in [7, 11) is 0. The number of allylic oxidation sites excluding steroid dienone is 1. The fraction of sp³-hybridized carbons (Fsp3) is 0.407. The highest BCUT2D eigenvalue weighted by Gasteiger charge is 2.19. The molecule has 0 saturated heterocycles. The normalized spacial score (nSPS) is 16.0. The molecule has 2 aromatic heterocycles. The molecule has 5 rings (SSSR count). The molecule has 0 radical (unpaired) electrons. The van der Waals surface area contributed by atoms with Gasteiger partial charge in [0.15, 0.2) is 0 Å². The molecule has 0 spiro atoms. The second kappa shape index (κ2) is 9.82. The standard InChI is InChI=1S/C27H30ClN5O2/c1-4-17-10-11-19-14-22(21-13-12-18(15-23(21)28)25-29-16(3)35-32-25)27(34)33(5-2)26(19)31-24(17)30-20-8-6-7-9-20/h11-15,20,30H,4-10H2,1-3H3.